The zero-order valence-corrected chi connectivity index (χ0v) is 11.6. The van der Waals surface area contributed by atoms with Crippen LogP contribution in [0.1, 0.15) is 29.8 Å². The number of hydrogen-bond donors (Lipinski definition) is 0. The first-order chi connectivity index (χ1) is 9.47. The van der Waals surface area contributed by atoms with Gasteiger partial charge in [0.1, 0.15) is 5.71 Å². The second kappa shape index (κ2) is 5.65. The quantitative estimate of drug-likeness (QED) is 0.471. The molecule has 2 rings (SSSR count). The van der Waals surface area contributed by atoms with E-state index in [2.05, 4.69) is 5.16 Å². The molecular weight excluding hydrogens is 254 g/mol. The zero-order valence-electron chi connectivity index (χ0n) is 11.6. The smallest absolute Gasteiger partial charge is 0.312 e. The Morgan fingerprint density at radius 3 is 2.35 bits per heavy atom. The molecule has 0 saturated carbocycles. The van der Waals surface area contributed by atoms with Crippen LogP contribution in [0.25, 0.3) is 0 Å². The lowest BCUT2D eigenvalue weighted by Crippen LogP contribution is -2.13. The molecule has 0 amide bonds. The van der Waals surface area contributed by atoms with Crippen LogP contribution in [0.4, 0.5) is 0 Å². The number of aryl methyl sites for hydroxylation is 1. The van der Waals surface area contributed by atoms with E-state index in [1.54, 1.807) is 32.0 Å². The molecule has 102 valence electrons. The number of nitrogens with zero attached hydrogens (tertiary/aromatic N) is 1. The van der Waals surface area contributed by atoms with Crippen molar-refractivity contribution in [1.29, 1.82) is 0 Å². The van der Waals surface area contributed by atoms with Crippen molar-refractivity contribution in [2.24, 2.45) is 5.16 Å². The Hall–Kier alpha value is -2.49. The number of allylic oxidation sites excluding steroid dienone is 4. The molecule has 0 spiro atoms. The fourth-order valence-electron chi connectivity index (χ4n) is 1.97. The molecule has 0 aromatic heterocycles. The third-order valence-corrected chi connectivity index (χ3v) is 2.94. The third kappa shape index (κ3) is 3.09. The molecular formula is C16H15NO3. The Labute approximate surface area is 117 Å². The fourth-order valence-corrected chi connectivity index (χ4v) is 1.97. The molecule has 1 aromatic rings. The molecule has 4 nitrogen and oxygen atoms in total. The summed E-state index contributed by atoms with van der Waals surface area (Å²) in [6, 6.07) is 7.09. The summed E-state index contributed by atoms with van der Waals surface area (Å²) >= 11 is 0. The van der Waals surface area contributed by atoms with Crippen molar-refractivity contribution in [3.8, 4) is 0 Å². The van der Waals surface area contributed by atoms with Gasteiger partial charge >= 0.3 is 5.97 Å². The highest BCUT2D eigenvalue weighted by atomic mass is 16.7. The van der Waals surface area contributed by atoms with Gasteiger partial charge in [0.25, 0.3) is 0 Å². The minimum atomic E-state index is -0.515. The molecule has 1 aliphatic rings. The van der Waals surface area contributed by atoms with Gasteiger partial charge in [-0.3, -0.25) is 4.79 Å². The van der Waals surface area contributed by atoms with Gasteiger partial charge in [-0.25, -0.2) is 4.79 Å². The molecule has 4 heteroatoms. The molecule has 1 aromatic carbocycles. The fraction of sp³-hybridized carbons (Fsp3) is 0.188. The van der Waals surface area contributed by atoms with Crippen LogP contribution in [0.3, 0.4) is 0 Å². The Morgan fingerprint density at radius 2 is 1.75 bits per heavy atom. The molecule has 0 unspecified atom stereocenters. The molecule has 1 aliphatic carbocycles. The Morgan fingerprint density at radius 1 is 1.10 bits per heavy atom. The van der Waals surface area contributed by atoms with E-state index in [4.69, 9.17) is 4.84 Å². The second-order valence-corrected chi connectivity index (χ2v) is 4.75. The van der Waals surface area contributed by atoms with E-state index in [-0.39, 0.29) is 5.78 Å². The van der Waals surface area contributed by atoms with Crippen LogP contribution in [0.15, 0.2) is 52.7 Å². The molecule has 0 heterocycles. The van der Waals surface area contributed by atoms with Crippen LogP contribution < -0.4 is 0 Å². The summed E-state index contributed by atoms with van der Waals surface area (Å²) < 4.78 is 0. The lowest BCUT2D eigenvalue weighted by molar-refractivity contribution is -0.110. The number of carbonyl (C=O) groups excluding carboxylic acids is 2. The molecule has 0 bridgehead atoms. The van der Waals surface area contributed by atoms with Crippen LogP contribution in [-0.4, -0.2) is 17.5 Å². The summed E-state index contributed by atoms with van der Waals surface area (Å²) in [4.78, 5) is 28.1. The van der Waals surface area contributed by atoms with Crippen LogP contribution in [0.2, 0.25) is 0 Å². The first-order valence-corrected chi connectivity index (χ1v) is 6.24. The van der Waals surface area contributed by atoms with Gasteiger partial charge < -0.3 is 4.84 Å². The average molecular weight is 269 g/mol. The zero-order chi connectivity index (χ0) is 14.7. The lowest BCUT2D eigenvalue weighted by Gasteiger charge is -2.10. The van der Waals surface area contributed by atoms with Gasteiger partial charge in [-0.05, 0) is 56.2 Å². The lowest BCUT2D eigenvalue weighted by atomic mass is 9.98. The van der Waals surface area contributed by atoms with E-state index in [1.807, 2.05) is 13.0 Å². The van der Waals surface area contributed by atoms with Crippen molar-refractivity contribution in [3.05, 3.63) is 58.7 Å². The highest BCUT2D eigenvalue weighted by Crippen LogP contribution is 2.14. The molecule has 0 aliphatic heterocycles. The van der Waals surface area contributed by atoms with E-state index in [1.165, 1.54) is 12.2 Å². The van der Waals surface area contributed by atoms with Gasteiger partial charge in [0.05, 0.1) is 5.56 Å². The molecule has 0 saturated heterocycles. The van der Waals surface area contributed by atoms with Gasteiger partial charge in [-0.2, -0.15) is 0 Å². The average Bonchev–Trinajstić information content (AvgIpc) is 2.37. The maximum Gasteiger partial charge on any atom is 0.365 e. The number of benzene rings is 1. The van der Waals surface area contributed by atoms with Gasteiger partial charge in [0.2, 0.25) is 0 Å². The van der Waals surface area contributed by atoms with Crippen molar-refractivity contribution in [2.75, 3.05) is 0 Å². The summed E-state index contributed by atoms with van der Waals surface area (Å²) in [5.41, 5.74) is 3.32. The number of carbonyl (C=O) groups is 2. The first kappa shape index (κ1) is 13.9. The highest BCUT2D eigenvalue weighted by Gasteiger charge is 2.15. The van der Waals surface area contributed by atoms with E-state index in [9.17, 15) is 9.59 Å². The Balaban J connectivity index is 2.17. The monoisotopic (exact) mass is 269 g/mol. The predicted octanol–water partition coefficient (Wildman–Crippen LogP) is 2.98. The Bertz CT molecular complexity index is 642. The number of ketones is 1. The highest BCUT2D eigenvalue weighted by molar-refractivity contribution is 6.22. The van der Waals surface area contributed by atoms with Crippen LogP contribution >= 0.6 is 0 Å². The molecule has 0 fully saturated rings. The van der Waals surface area contributed by atoms with Crippen molar-refractivity contribution >= 4 is 17.5 Å². The molecule has 0 atom stereocenters. The van der Waals surface area contributed by atoms with E-state index < -0.39 is 5.97 Å². The summed E-state index contributed by atoms with van der Waals surface area (Å²) in [5.74, 6) is -0.595. The molecule has 0 N–H and O–H groups in total. The van der Waals surface area contributed by atoms with Gasteiger partial charge in [-0.15, -0.1) is 0 Å². The van der Waals surface area contributed by atoms with E-state index in [0.717, 1.165) is 5.56 Å². The standard InChI is InChI=1S/C16H15NO3/c1-10-5-4-6-13(7-10)16(19)20-17-15-11(2)8-14(18)9-12(15)3/h4-9H,1-3H3. The number of rotatable bonds is 2. The molecule has 0 radical (unpaired) electrons. The summed E-state index contributed by atoms with van der Waals surface area (Å²) in [6.07, 6.45) is 2.93. The van der Waals surface area contributed by atoms with Crippen molar-refractivity contribution in [2.45, 2.75) is 20.8 Å². The topological polar surface area (TPSA) is 55.7 Å². The maximum atomic E-state index is 11.9. The largest absolute Gasteiger partial charge is 0.365 e. The van der Waals surface area contributed by atoms with Crippen LogP contribution in [-0.2, 0) is 9.63 Å². The first-order valence-electron chi connectivity index (χ1n) is 6.24. The van der Waals surface area contributed by atoms with Crippen molar-refractivity contribution in [1.82, 2.24) is 0 Å². The normalized spacial score (nSPS) is 14.6. The number of hydrogen-bond acceptors (Lipinski definition) is 4. The minimum Gasteiger partial charge on any atom is -0.312 e. The van der Waals surface area contributed by atoms with Gasteiger partial charge in [-0.1, -0.05) is 22.9 Å². The third-order valence-electron chi connectivity index (χ3n) is 2.94. The van der Waals surface area contributed by atoms with Gasteiger partial charge in [0, 0.05) is 0 Å². The maximum absolute atomic E-state index is 11.9. The van der Waals surface area contributed by atoms with Crippen LogP contribution in [0, 0.1) is 6.92 Å². The van der Waals surface area contributed by atoms with Crippen molar-refractivity contribution in [3.63, 3.8) is 0 Å². The summed E-state index contributed by atoms with van der Waals surface area (Å²) in [5, 5.41) is 3.86. The SMILES string of the molecule is CC1=CC(=O)C=C(C)C1=NOC(=O)c1cccc(C)c1. The van der Waals surface area contributed by atoms with Crippen LogP contribution in [0.5, 0.6) is 0 Å². The summed E-state index contributed by atoms with van der Waals surface area (Å²) in [6.45, 7) is 5.41. The van der Waals surface area contributed by atoms with E-state index >= 15 is 0 Å². The van der Waals surface area contributed by atoms with E-state index in [0.29, 0.717) is 22.4 Å². The minimum absolute atomic E-state index is 0.0797. The van der Waals surface area contributed by atoms with Crippen molar-refractivity contribution < 1.29 is 14.4 Å². The predicted molar refractivity (Wildman–Crippen MR) is 76.6 cm³/mol. The van der Waals surface area contributed by atoms with Gasteiger partial charge in [0.15, 0.2) is 5.78 Å². The molecule has 20 heavy (non-hydrogen) atoms. The second-order valence-electron chi connectivity index (χ2n) is 4.75. The number of oxime groups is 1. The Kier molecular flexibility index (Phi) is 3.94. The summed E-state index contributed by atoms with van der Waals surface area (Å²) in [7, 11) is 0.